The molecule has 0 unspecified atom stereocenters. The zero-order chi connectivity index (χ0) is 17.2. The van der Waals surface area contributed by atoms with Crippen LogP contribution in [0.25, 0.3) is 0 Å². The van der Waals surface area contributed by atoms with E-state index in [2.05, 4.69) is 80.1 Å². The van der Waals surface area contributed by atoms with Crippen LogP contribution in [-0.2, 0) is 3.76 Å². The molecule has 0 bridgehead atoms. The minimum Gasteiger partial charge on any atom is -1.00 e. The first-order valence-electron chi connectivity index (χ1n) is 8.64. The van der Waals surface area contributed by atoms with Crippen LogP contribution in [0.2, 0.25) is 0 Å². The van der Waals surface area contributed by atoms with Crippen LogP contribution in [0.1, 0.15) is 48.5 Å². The Labute approximate surface area is 163 Å². The Bertz CT molecular complexity index is 554. The molecule has 0 spiro atoms. The maximum absolute atomic E-state index is 6.64. The molecule has 1 heterocycles. The van der Waals surface area contributed by atoms with Gasteiger partial charge in [-0.1, -0.05) is 0 Å². The van der Waals surface area contributed by atoms with Gasteiger partial charge in [-0.2, -0.15) is 0 Å². The van der Waals surface area contributed by atoms with Gasteiger partial charge in [0.15, 0.2) is 0 Å². The van der Waals surface area contributed by atoms with E-state index in [-0.39, 0.29) is 22.7 Å². The van der Waals surface area contributed by atoms with E-state index in [1.54, 1.807) is 0 Å². The minimum absolute atomic E-state index is 0. The largest absolute Gasteiger partial charge is 1.00 e. The molecule has 0 aromatic carbocycles. The van der Waals surface area contributed by atoms with Gasteiger partial charge in [0.05, 0.1) is 0 Å². The second kappa shape index (κ2) is 8.82. The number of hydrogen-bond acceptors (Lipinski definition) is 3. The Kier molecular flexibility index (Phi) is 7.96. The van der Waals surface area contributed by atoms with Crippen molar-refractivity contribution in [3.05, 3.63) is 41.4 Å². The van der Waals surface area contributed by atoms with Gasteiger partial charge in [-0.3, -0.25) is 0 Å². The summed E-state index contributed by atoms with van der Waals surface area (Å²) in [4.78, 5) is 0. The molecule has 0 amide bonds. The zero-order valence-electron chi connectivity index (χ0n) is 16.1. The van der Waals surface area contributed by atoms with E-state index in [0.29, 0.717) is 11.8 Å². The predicted molar refractivity (Wildman–Crippen MR) is 104 cm³/mol. The molecule has 1 aliphatic carbocycles. The summed E-state index contributed by atoms with van der Waals surface area (Å²) in [5.74, 6) is 1.21. The summed E-state index contributed by atoms with van der Waals surface area (Å²) in [6, 6.07) is 0. The van der Waals surface area contributed by atoms with E-state index in [0.717, 1.165) is 13.1 Å². The fraction of sp³-hybridized carbons (Fsp3) is 0.632. The fourth-order valence-electron chi connectivity index (χ4n) is 2.72. The topological polar surface area (TPSA) is 15.7 Å². The fourth-order valence-corrected chi connectivity index (χ4v) is 8.72. The summed E-state index contributed by atoms with van der Waals surface area (Å²) in [6.07, 6.45) is 8.43. The first-order chi connectivity index (χ1) is 10.7. The van der Waals surface area contributed by atoms with E-state index < -0.39 is 15.1 Å². The van der Waals surface area contributed by atoms with E-state index in [1.807, 2.05) is 6.08 Å². The van der Waals surface area contributed by atoms with Crippen molar-refractivity contribution in [2.75, 3.05) is 13.1 Å². The van der Waals surface area contributed by atoms with Gasteiger partial charge >= 0.3 is 147 Å². The molecular weight excluding hydrogens is 424 g/mol. The van der Waals surface area contributed by atoms with Gasteiger partial charge in [0, 0.05) is 0 Å². The third-order valence-electron chi connectivity index (χ3n) is 3.44. The van der Waals surface area contributed by atoms with Gasteiger partial charge in [0.2, 0.25) is 0 Å². The second-order valence-electron chi connectivity index (χ2n) is 8.10. The van der Waals surface area contributed by atoms with Crippen molar-refractivity contribution in [3.8, 4) is 0 Å². The van der Waals surface area contributed by atoms with E-state index in [4.69, 9.17) is 3.76 Å². The molecule has 0 aromatic heterocycles. The molecule has 2 rings (SSSR count). The average molecular weight is 455 g/mol. The monoisotopic (exact) mass is 457 g/mol. The third-order valence-corrected chi connectivity index (χ3v) is 8.79. The summed E-state index contributed by atoms with van der Waals surface area (Å²) in [5.41, 5.74) is 5.90. The molecule has 134 valence electrons. The summed E-state index contributed by atoms with van der Waals surface area (Å²) in [7, 11) is 0. The van der Waals surface area contributed by atoms with Crippen molar-refractivity contribution in [2.24, 2.45) is 11.8 Å². The van der Waals surface area contributed by atoms with Crippen molar-refractivity contribution >= 4 is 32.2 Å². The summed E-state index contributed by atoms with van der Waals surface area (Å²) in [5, 5.41) is 0. The van der Waals surface area contributed by atoms with Gasteiger partial charge in [0.25, 0.3) is 0 Å². The van der Waals surface area contributed by atoms with Gasteiger partial charge in [-0.05, 0) is 0 Å². The van der Waals surface area contributed by atoms with Crippen molar-refractivity contribution < 1.29 is 3.76 Å². The molecular formula is C19H31GeN2OSe-. The van der Waals surface area contributed by atoms with Crippen LogP contribution >= 0.6 is 0 Å². The van der Waals surface area contributed by atoms with Crippen molar-refractivity contribution in [3.63, 3.8) is 0 Å². The molecule has 2 radical (unpaired) electrons. The Morgan fingerprint density at radius 3 is 2.17 bits per heavy atom. The molecule has 5 heteroatoms. The van der Waals surface area contributed by atoms with Crippen LogP contribution in [0, 0.1) is 11.8 Å². The van der Waals surface area contributed by atoms with Crippen LogP contribution in [0.3, 0.4) is 0 Å². The van der Waals surface area contributed by atoms with Crippen LogP contribution in [0.4, 0.5) is 0 Å². The molecule has 2 aliphatic rings. The van der Waals surface area contributed by atoms with Gasteiger partial charge < -0.3 is 17.1 Å². The number of nitrogens with zero attached hydrogens (tertiary/aromatic N) is 2. The predicted octanol–water partition coefficient (Wildman–Crippen LogP) is 3.83. The number of rotatable bonds is 5. The van der Waals surface area contributed by atoms with E-state index >= 15 is 0 Å². The molecule has 1 saturated heterocycles. The summed E-state index contributed by atoms with van der Waals surface area (Å²) in [6.45, 7) is 17.7. The molecule has 1 fully saturated rings. The SMILES string of the molecule is CC(C)C[N]1C2=C=CC=CC=C2[N](CC(C)C)[Ge]1[O]C(C)(C)C.[Se-]. The van der Waals surface area contributed by atoms with Crippen LogP contribution in [-0.4, -0.2) is 58.6 Å². The molecule has 24 heavy (non-hydrogen) atoms. The quantitative estimate of drug-likeness (QED) is 0.464. The molecule has 0 aromatic rings. The average Bonchev–Trinajstić information content (AvgIpc) is 2.58. The third kappa shape index (κ3) is 5.57. The van der Waals surface area contributed by atoms with Crippen LogP contribution in [0.15, 0.2) is 41.4 Å². The molecule has 1 aliphatic heterocycles. The second-order valence-corrected chi connectivity index (χ2v) is 12.0. The van der Waals surface area contributed by atoms with Crippen molar-refractivity contribution in [1.29, 1.82) is 0 Å². The maximum atomic E-state index is 6.64. The molecule has 3 nitrogen and oxygen atoms in total. The first-order valence-corrected chi connectivity index (χ1v) is 11.4. The van der Waals surface area contributed by atoms with E-state index in [9.17, 15) is 0 Å². The Hall–Kier alpha value is -0.378. The van der Waals surface area contributed by atoms with Crippen molar-refractivity contribution in [2.45, 2.75) is 54.1 Å². The Balaban J connectivity index is 0.00000288. The summed E-state index contributed by atoms with van der Waals surface area (Å²) < 4.78 is 11.7. The number of allylic oxidation sites excluding steroid dienone is 3. The first kappa shape index (κ1) is 21.7. The molecule has 0 atom stereocenters. The Morgan fingerprint density at radius 2 is 1.62 bits per heavy atom. The van der Waals surface area contributed by atoms with Gasteiger partial charge in [-0.15, -0.1) is 0 Å². The zero-order valence-corrected chi connectivity index (χ0v) is 19.9. The number of fused-ring (bicyclic) bond motifs is 1. The molecule has 0 N–H and O–H groups in total. The summed E-state index contributed by atoms with van der Waals surface area (Å²) >= 11 is -2.07. The normalized spacial score (nSPS) is 17.9. The van der Waals surface area contributed by atoms with Crippen molar-refractivity contribution in [1.82, 2.24) is 7.71 Å². The standard InChI is InChI=1S/C19H31GeN2O.Se/c1-15(2)13-21-17-11-9-8-10-12-18(17)22(14-16(3)4)20(21)23-19(5,6)7;/h8-11,15-16H,13-14H2,1-7H3;/q;-1. The number of hydrogen-bond donors (Lipinski definition) is 0. The van der Waals surface area contributed by atoms with Crippen LogP contribution < -0.4 is 0 Å². The minimum atomic E-state index is -2.07. The maximum Gasteiger partial charge on any atom is -1.00 e. The Morgan fingerprint density at radius 1 is 1.04 bits per heavy atom. The van der Waals surface area contributed by atoms with Gasteiger partial charge in [-0.25, -0.2) is 0 Å². The van der Waals surface area contributed by atoms with E-state index in [1.165, 1.54) is 11.4 Å². The molecule has 0 saturated carbocycles. The van der Waals surface area contributed by atoms with Crippen LogP contribution in [0.5, 0.6) is 0 Å². The smallest absolute Gasteiger partial charge is 1.00 e. The van der Waals surface area contributed by atoms with Gasteiger partial charge in [0.1, 0.15) is 0 Å².